The maximum atomic E-state index is 13.6. The predicted octanol–water partition coefficient (Wildman–Crippen LogP) is 5.05. The van der Waals surface area contributed by atoms with Crippen LogP contribution in [0.4, 0.5) is 0 Å². The van der Waals surface area contributed by atoms with Crippen LogP contribution >= 0.6 is 0 Å². The molecule has 7 nitrogen and oxygen atoms in total. The summed E-state index contributed by atoms with van der Waals surface area (Å²) in [6.07, 6.45) is 0.843. The Morgan fingerprint density at radius 1 is 1.00 bits per heavy atom. The summed E-state index contributed by atoms with van der Waals surface area (Å²) in [5.74, 6) is 2.50. The summed E-state index contributed by atoms with van der Waals surface area (Å²) >= 11 is 0. The maximum absolute atomic E-state index is 13.6. The molecule has 1 fully saturated rings. The van der Waals surface area contributed by atoms with Gasteiger partial charge in [-0.15, -0.1) is 0 Å². The molecule has 2 heterocycles. The second kappa shape index (κ2) is 9.39. The van der Waals surface area contributed by atoms with Gasteiger partial charge in [0.1, 0.15) is 11.5 Å². The fourth-order valence-corrected chi connectivity index (χ4v) is 4.42. The van der Waals surface area contributed by atoms with E-state index in [0.29, 0.717) is 35.9 Å². The van der Waals surface area contributed by atoms with Crippen molar-refractivity contribution in [3.05, 3.63) is 83.9 Å². The summed E-state index contributed by atoms with van der Waals surface area (Å²) in [6, 6.07) is 22.8. The smallest absolute Gasteiger partial charge is 0.259 e. The van der Waals surface area contributed by atoms with Crippen LogP contribution < -0.4 is 9.47 Å². The summed E-state index contributed by atoms with van der Waals surface area (Å²) in [5, 5.41) is 4.11. The van der Waals surface area contributed by atoms with Gasteiger partial charge < -0.3 is 18.9 Å². The summed E-state index contributed by atoms with van der Waals surface area (Å²) in [7, 11) is 3.31. The molecule has 0 spiro atoms. The topological polar surface area (TPSA) is 77.7 Å². The zero-order chi connectivity index (χ0) is 23.5. The van der Waals surface area contributed by atoms with Gasteiger partial charge in [0.2, 0.25) is 5.82 Å². The first-order valence-corrected chi connectivity index (χ1v) is 11.2. The molecule has 7 heteroatoms. The molecular formula is C27H25N3O4. The van der Waals surface area contributed by atoms with E-state index in [1.807, 2.05) is 77.7 Å². The van der Waals surface area contributed by atoms with Gasteiger partial charge in [0.15, 0.2) is 0 Å². The van der Waals surface area contributed by atoms with Crippen molar-refractivity contribution in [1.82, 2.24) is 15.0 Å². The van der Waals surface area contributed by atoms with Crippen molar-refractivity contribution in [2.75, 3.05) is 27.3 Å². The van der Waals surface area contributed by atoms with Crippen molar-refractivity contribution in [3.8, 4) is 34.3 Å². The first-order chi connectivity index (χ1) is 16.7. The Morgan fingerprint density at radius 2 is 1.79 bits per heavy atom. The molecule has 1 aliphatic heterocycles. The Labute approximate surface area is 197 Å². The van der Waals surface area contributed by atoms with Crippen molar-refractivity contribution in [2.45, 2.75) is 12.3 Å². The van der Waals surface area contributed by atoms with Gasteiger partial charge in [-0.25, -0.2) is 0 Å². The molecule has 0 saturated carbocycles. The standard InChI is InChI=1S/C27H25N3O4/c1-32-20-12-13-24(33-2)23(16-20)19-14-15-30(17-19)27(31)22-11-7-6-10-21(22)26-28-25(29-34-26)18-8-4-3-5-9-18/h3-13,16,19H,14-15,17H2,1-2H3. The van der Waals surface area contributed by atoms with E-state index >= 15 is 0 Å². The number of rotatable bonds is 6. The fraction of sp³-hybridized carbons (Fsp3) is 0.222. The van der Waals surface area contributed by atoms with Crippen LogP contribution in [-0.2, 0) is 0 Å². The van der Waals surface area contributed by atoms with Gasteiger partial charge in [-0.2, -0.15) is 4.98 Å². The third-order valence-corrected chi connectivity index (χ3v) is 6.20. The lowest BCUT2D eigenvalue weighted by Gasteiger charge is -2.19. The van der Waals surface area contributed by atoms with Crippen molar-refractivity contribution < 1.29 is 18.8 Å². The number of likely N-dealkylation sites (tertiary alicyclic amines) is 1. The predicted molar refractivity (Wildman–Crippen MR) is 128 cm³/mol. The zero-order valence-electron chi connectivity index (χ0n) is 19.1. The lowest BCUT2D eigenvalue weighted by atomic mass is 9.97. The number of methoxy groups -OCH3 is 2. The van der Waals surface area contributed by atoms with E-state index in [0.717, 1.165) is 29.0 Å². The van der Waals surface area contributed by atoms with Crippen molar-refractivity contribution in [1.29, 1.82) is 0 Å². The second-order valence-electron chi connectivity index (χ2n) is 8.18. The van der Waals surface area contributed by atoms with Crippen molar-refractivity contribution in [3.63, 3.8) is 0 Å². The molecule has 1 aromatic heterocycles. The highest BCUT2D eigenvalue weighted by atomic mass is 16.5. The van der Waals surface area contributed by atoms with E-state index in [-0.39, 0.29) is 11.8 Å². The largest absolute Gasteiger partial charge is 0.497 e. The SMILES string of the molecule is COc1ccc(OC)c(C2CCN(C(=O)c3ccccc3-c3nc(-c4ccccc4)no3)C2)c1. The number of carbonyl (C=O) groups excluding carboxylic acids is 1. The molecule has 4 aromatic rings. The lowest BCUT2D eigenvalue weighted by molar-refractivity contribution is 0.0791. The van der Waals surface area contributed by atoms with E-state index in [4.69, 9.17) is 14.0 Å². The maximum Gasteiger partial charge on any atom is 0.259 e. The van der Waals surface area contributed by atoms with Gasteiger partial charge in [0.25, 0.3) is 11.8 Å². The summed E-state index contributed by atoms with van der Waals surface area (Å²) in [6.45, 7) is 1.24. The van der Waals surface area contributed by atoms with Crippen molar-refractivity contribution >= 4 is 5.91 Å². The van der Waals surface area contributed by atoms with E-state index in [1.165, 1.54) is 0 Å². The van der Waals surface area contributed by atoms with Crippen LogP contribution in [0.15, 0.2) is 77.3 Å². The Bertz CT molecular complexity index is 1300. The van der Waals surface area contributed by atoms with Crippen molar-refractivity contribution in [2.24, 2.45) is 0 Å². The monoisotopic (exact) mass is 455 g/mol. The Hall–Kier alpha value is -4.13. The van der Waals surface area contributed by atoms with Gasteiger partial charge in [-0.05, 0) is 36.8 Å². The van der Waals surface area contributed by atoms with Gasteiger partial charge in [0.05, 0.1) is 25.3 Å². The molecule has 5 rings (SSSR count). The number of aromatic nitrogens is 2. The highest BCUT2D eigenvalue weighted by molar-refractivity contribution is 6.00. The molecule has 0 bridgehead atoms. The molecule has 3 aromatic carbocycles. The average Bonchev–Trinajstić information content (AvgIpc) is 3.59. The van der Waals surface area contributed by atoms with Gasteiger partial charge >= 0.3 is 0 Å². The summed E-state index contributed by atoms with van der Waals surface area (Å²) < 4.78 is 16.5. The molecule has 0 N–H and O–H groups in total. The third kappa shape index (κ3) is 4.12. The fourth-order valence-electron chi connectivity index (χ4n) is 4.42. The van der Waals surface area contributed by atoms with Crippen LogP contribution in [-0.4, -0.2) is 48.3 Å². The number of benzene rings is 3. The summed E-state index contributed by atoms with van der Waals surface area (Å²) in [5.41, 5.74) is 3.08. The number of hydrogen-bond donors (Lipinski definition) is 0. The second-order valence-corrected chi connectivity index (χ2v) is 8.18. The molecule has 1 atom stereocenters. The molecule has 1 unspecified atom stereocenters. The van der Waals surface area contributed by atoms with E-state index in [1.54, 1.807) is 14.2 Å². The van der Waals surface area contributed by atoms with Crippen LogP contribution in [0.2, 0.25) is 0 Å². The quantitative estimate of drug-likeness (QED) is 0.405. The minimum Gasteiger partial charge on any atom is -0.497 e. The number of nitrogens with zero attached hydrogens (tertiary/aromatic N) is 3. The third-order valence-electron chi connectivity index (χ3n) is 6.20. The minimum absolute atomic E-state index is 0.0561. The number of amides is 1. The molecule has 1 amide bonds. The Kier molecular flexibility index (Phi) is 5.99. The molecule has 0 radical (unpaired) electrons. The molecule has 34 heavy (non-hydrogen) atoms. The first kappa shape index (κ1) is 21.7. The Balaban J connectivity index is 1.40. The van der Waals surface area contributed by atoms with Gasteiger partial charge in [0, 0.05) is 30.1 Å². The highest BCUT2D eigenvalue weighted by Crippen LogP contribution is 2.37. The average molecular weight is 456 g/mol. The Morgan fingerprint density at radius 3 is 2.59 bits per heavy atom. The summed E-state index contributed by atoms with van der Waals surface area (Å²) in [4.78, 5) is 20.0. The number of ether oxygens (including phenoxy) is 2. The molecule has 172 valence electrons. The van der Waals surface area contributed by atoms with Crippen LogP contribution in [0.25, 0.3) is 22.8 Å². The molecule has 1 saturated heterocycles. The molecular weight excluding hydrogens is 430 g/mol. The van der Waals surface area contributed by atoms with E-state index < -0.39 is 0 Å². The van der Waals surface area contributed by atoms with Gasteiger partial charge in [-0.3, -0.25) is 4.79 Å². The molecule has 0 aliphatic carbocycles. The van der Waals surface area contributed by atoms with Crippen LogP contribution in [0.5, 0.6) is 11.5 Å². The number of carbonyl (C=O) groups is 1. The number of hydrogen-bond acceptors (Lipinski definition) is 6. The van der Waals surface area contributed by atoms with E-state index in [2.05, 4.69) is 10.1 Å². The highest BCUT2D eigenvalue weighted by Gasteiger charge is 2.31. The zero-order valence-corrected chi connectivity index (χ0v) is 19.1. The normalized spacial score (nSPS) is 15.4. The van der Waals surface area contributed by atoms with E-state index in [9.17, 15) is 4.79 Å². The van der Waals surface area contributed by atoms with Crippen LogP contribution in [0.1, 0.15) is 28.3 Å². The van der Waals surface area contributed by atoms with Gasteiger partial charge in [-0.1, -0.05) is 47.6 Å². The lowest BCUT2D eigenvalue weighted by Crippen LogP contribution is -2.29. The van der Waals surface area contributed by atoms with Crippen LogP contribution in [0.3, 0.4) is 0 Å². The van der Waals surface area contributed by atoms with Crippen LogP contribution in [0, 0.1) is 0 Å². The minimum atomic E-state index is -0.0561. The molecule has 1 aliphatic rings. The first-order valence-electron chi connectivity index (χ1n) is 11.2.